The van der Waals surface area contributed by atoms with E-state index in [1.165, 1.54) is 0 Å². The van der Waals surface area contributed by atoms with Gasteiger partial charge < -0.3 is 10.4 Å². The number of rotatable bonds is 3. The van der Waals surface area contributed by atoms with Gasteiger partial charge in [0.05, 0.1) is 10.1 Å². The number of hydrogen-bond acceptors (Lipinski definition) is 4. The van der Waals surface area contributed by atoms with Crippen molar-refractivity contribution < 1.29 is 5.11 Å². The van der Waals surface area contributed by atoms with E-state index in [1.807, 2.05) is 0 Å². The van der Waals surface area contributed by atoms with E-state index in [4.69, 9.17) is 0 Å². The molecule has 0 aliphatic heterocycles. The van der Waals surface area contributed by atoms with Crippen LogP contribution in [0, 0.1) is 5.41 Å². The van der Waals surface area contributed by atoms with Crippen LogP contribution in [0.1, 0.15) is 39.5 Å². The molecule has 1 aromatic rings. The molecule has 1 fully saturated rings. The van der Waals surface area contributed by atoms with E-state index < -0.39 is 5.60 Å². The fourth-order valence-electron chi connectivity index (χ4n) is 2.22. The summed E-state index contributed by atoms with van der Waals surface area (Å²) in [6.45, 7) is 5.04. The molecule has 2 N–H and O–H groups in total. The number of aromatic nitrogens is 2. The smallest absolute Gasteiger partial charge is 0.222 e. The van der Waals surface area contributed by atoms with Crippen LogP contribution in [0.5, 0.6) is 0 Å². The molecule has 0 spiro atoms. The monoisotopic (exact) mass is 313 g/mol. The molecular weight excluding hydrogens is 294 g/mol. The molecule has 100 valence electrons. The summed E-state index contributed by atoms with van der Waals surface area (Å²) < 4.78 is 0.853. The van der Waals surface area contributed by atoms with Gasteiger partial charge in [-0.05, 0) is 47.0 Å². The van der Waals surface area contributed by atoms with E-state index >= 15 is 0 Å². The van der Waals surface area contributed by atoms with Crippen molar-refractivity contribution in [3.05, 3.63) is 16.9 Å². The fraction of sp³-hybridized carbons (Fsp3) is 0.692. The normalized spacial score (nSPS) is 21.6. The van der Waals surface area contributed by atoms with Crippen LogP contribution in [-0.2, 0) is 0 Å². The molecule has 18 heavy (non-hydrogen) atoms. The highest BCUT2D eigenvalue weighted by atomic mass is 79.9. The van der Waals surface area contributed by atoms with Gasteiger partial charge in [0.15, 0.2) is 0 Å². The number of aliphatic hydroxyl groups is 1. The van der Waals surface area contributed by atoms with Crippen molar-refractivity contribution in [2.45, 2.75) is 45.1 Å². The van der Waals surface area contributed by atoms with Crippen LogP contribution in [0.4, 0.5) is 5.95 Å². The van der Waals surface area contributed by atoms with Crippen molar-refractivity contribution >= 4 is 21.9 Å². The number of halogens is 1. The van der Waals surface area contributed by atoms with Gasteiger partial charge in [-0.2, -0.15) is 0 Å². The Balaban J connectivity index is 1.88. The van der Waals surface area contributed by atoms with Crippen LogP contribution in [0.3, 0.4) is 0 Å². The zero-order chi connectivity index (χ0) is 13.2. The second-order valence-corrected chi connectivity index (χ2v) is 6.88. The minimum absolute atomic E-state index is 0.361. The number of nitrogens with zero attached hydrogens (tertiary/aromatic N) is 2. The topological polar surface area (TPSA) is 58.0 Å². The SMILES string of the molecule is CC1(C)CCC(O)(CNc2ncc(Br)cn2)CC1. The molecule has 0 radical (unpaired) electrons. The maximum Gasteiger partial charge on any atom is 0.222 e. The minimum atomic E-state index is -0.619. The third-order valence-electron chi connectivity index (χ3n) is 3.73. The third-order valence-corrected chi connectivity index (χ3v) is 4.14. The zero-order valence-electron chi connectivity index (χ0n) is 10.9. The van der Waals surface area contributed by atoms with Gasteiger partial charge in [0.25, 0.3) is 0 Å². The molecule has 1 aliphatic rings. The Kier molecular flexibility index (Phi) is 3.92. The molecule has 0 unspecified atom stereocenters. The molecule has 0 bridgehead atoms. The molecule has 4 nitrogen and oxygen atoms in total. The predicted molar refractivity (Wildman–Crippen MR) is 75.4 cm³/mol. The summed E-state index contributed by atoms with van der Waals surface area (Å²) in [5.74, 6) is 0.566. The Bertz CT molecular complexity index is 395. The Labute approximate surface area is 116 Å². The maximum atomic E-state index is 10.5. The van der Waals surface area contributed by atoms with Crippen molar-refractivity contribution in [1.82, 2.24) is 9.97 Å². The molecule has 1 saturated carbocycles. The Morgan fingerprint density at radius 2 is 1.78 bits per heavy atom. The summed E-state index contributed by atoms with van der Waals surface area (Å²) in [6, 6.07) is 0. The summed E-state index contributed by atoms with van der Waals surface area (Å²) in [7, 11) is 0. The van der Waals surface area contributed by atoms with Gasteiger partial charge in [0.1, 0.15) is 0 Å². The molecule has 1 heterocycles. The quantitative estimate of drug-likeness (QED) is 0.900. The van der Waals surface area contributed by atoms with E-state index in [2.05, 4.69) is 45.1 Å². The number of hydrogen-bond donors (Lipinski definition) is 2. The highest BCUT2D eigenvalue weighted by molar-refractivity contribution is 9.10. The van der Waals surface area contributed by atoms with Crippen LogP contribution < -0.4 is 5.32 Å². The largest absolute Gasteiger partial charge is 0.388 e. The fourth-order valence-corrected chi connectivity index (χ4v) is 2.42. The Hall–Kier alpha value is -0.680. The van der Waals surface area contributed by atoms with Crippen molar-refractivity contribution in [1.29, 1.82) is 0 Å². The standard InChI is InChI=1S/C13H20BrN3O/c1-12(2)3-5-13(18,6-4-12)9-17-11-15-7-10(14)8-16-11/h7-8,18H,3-6,9H2,1-2H3,(H,15,16,17). The third kappa shape index (κ3) is 3.65. The highest BCUT2D eigenvalue weighted by Gasteiger charge is 2.36. The molecular formula is C13H20BrN3O. The molecule has 0 atom stereocenters. The lowest BCUT2D eigenvalue weighted by molar-refractivity contribution is -0.0146. The predicted octanol–water partition coefficient (Wildman–Crippen LogP) is 2.98. The Morgan fingerprint density at radius 3 is 2.33 bits per heavy atom. The van der Waals surface area contributed by atoms with Gasteiger partial charge >= 0.3 is 0 Å². The van der Waals surface area contributed by atoms with Gasteiger partial charge in [-0.1, -0.05) is 13.8 Å². The number of anilines is 1. The van der Waals surface area contributed by atoms with Crippen LogP contribution in [0.25, 0.3) is 0 Å². The van der Waals surface area contributed by atoms with Crippen LogP contribution >= 0.6 is 15.9 Å². The first-order valence-electron chi connectivity index (χ1n) is 6.32. The first-order chi connectivity index (χ1) is 8.39. The van der Waals surface area contributed by atoms with E-state index in [1.54, 1.807) is 12.4 Å². The first-order valence-corrected chi connectivity index (χ1v) is 7.12. The van der Waals surface area contributed by atoms with Crippen LogP contribution in [0.2, 0.25) is 0 Å². The van der Waals surface area contributed by atoms with Gasteiger partial charge in [0, 0.05) is 18.9 Å². The molecule has 1 aromatic heterocycles. The summed E-state index contributed by atoms with van der Waals surface area (Å²) in [5, 5.41) is 13.6. The summed E-state index contributed by atoms with van der Waals surface area (Å²) in [6.07, 6.45) is 7.19. The summed E-state index contributed by atoms with van der Waals surface area (Å²) in [4.78, 5) is 8.28. The highest BCUT2D eigenvalue weighted by Crippen LogP contribution is 2.40. The molecule has 0 saturated heterocycles. The average Bonchev–Trinajstić information content (AvgIpc) is 2.33. The Morgan fingerprint density at radius 1 is 1.22 bits per heavy atom. The van der Waals surface area contributed by atoms with E-state index in [0.717, 1.165) is 30.2 Å². The van der Waals surface area contributed by atoms with Crippen molar-refractivity contribution in [2.24, 2.45) is 5.41 Å². The van der Waals surface area contributed by atoms with E-state index in [0.29, 0.717) is 17.9 Å². The molecule has 1 aliphatic carbocycles. The van der Waals surface area contributed by atoms with Gasteiger partial charge in [-0.15, -0.1) is 0 Å². The van der Waals surface area contributed by atoms with Crippen molar-refractivity contribution in [3.63, 3.8) is 0 Å². The van der Waals surface area contributed by atoms with Crippen molar-refractivity contribution in [3.8, 4) is 0 Å². The van der Waals surface area contributed by atoms with Crippen LogP contribution in [-0.4, -0.2) is 27.2 Å². The molecule has 5 heteroatoms. The zero-order valence-corrected chi connectivity index (χ0v) is 12.5. The second kappa shape index (κ2) is 5.13. The molecule has 0 aromatic carbocycles. The average molecular weight is 314 g/mol. The lowest BCUT2D eigenvalue weighted by Crippen LogP contribution is -2.42. The lowest BCUT2D eigenvalue weighted by atomic mass is 9.71. The molecule has 2 rings (SSSR count). The van der Waals surface area contributed by atoms with Gasteiger partial charge in [0.2, 0.25) is 5.95 Å². The summed E-state index contributed by atoms with van der Waals surface area (Å²) >= 11 is 3.29. The first kappa shape index (κ1) is 13.7. The van der Waals surface area contributed by atoms with Crippen molar-refractivity contribution in [2.75, 3.05) is 11.9 Å². The van der Waals surface area contributed by atoms with Gasteiger partial charge in [-0.3, -0.25) is 0 Å². The summed E-state index contributed by atoms with van der Waals surface area (Å²) in [5.41, 5.74) is -0.258. The molecule has 0 amide bonds. The maximum absolute atomic E-state index is 10.5. The van der Waals surface area contributed by atoms with E-state index in [9.17, 15) is 5.11 Å². The van der Waals surface area contributed by atoms with Gasteiger partial charge in [-0.25, -0.2) is 9.97 Å². The van der Waals surface area contributed by atoms with Crippen LogP contribution in [0.15, 0.2) is 16.9 Å². The minimum Gasteiger partial charge on any atom is -0.388 e. The lowest BCUT2D eigenvalue weighted by Gasteiger charge is -2.40. The number of nitrogens with one attached hydrogen (secondary N) is 1. The van der Waals surface area contributed by atoms with E-state index in [-0.39, 0.29) is 0 Å². The second-order valence-electron chi connectivity index (χ2n) is 5.97.